The van der Waals surface area contributed by atoms with Crippen LogP contribution >= 0.6 is 0 Å². The maximum atomic E-state index is 11.5. The van der Waals surface area contributed by atoms with Crippen LogP contribution in [-0.2, 0) is 4.79 Å². The van der Waals surface area contributed by atoms with Gasteiger partial charge in [0.15, 0.2) is 0 Å². The molecule has 0 saturated carbocycles. The number of nitrogens with one attached hydrogen (secondary N) is 2. The fourth-order valence-electron chi connectivity index (χ4n) is 3.29. The van der Waals surface area contributed by atoms with Gasteiger partial charge in [0.1, 0.15) is 11.9 Å². The van der Waals surface area contributed by atoms with Crippen molar-refractivity contribution in [1.29, 1.82) is 5.26 Å². The third-order valence-electron chi connectivity index (χ3n) is 4.65. The van der Waals surface area contributed by atoms with Gasteiger partial charge in [-0.3, -0.25) is 9.69 Å². The molecule has 8 nitrogen and oxygen atoms in total. The molecule has 1 aromatic rings. The standard InChI is InChI=1S/C17H22N6O2/c18-9-14-3-1-5-19-16(14)20-10-13-4-8-22(12-13)6-2-7-23-15(24)11-21-17(23)25/h1,3,5,13H,2,4,6-8,10-12H2,(H,19,20)(H,21,25)/t13-/m0/s1. The number of urea groups is 1. The maximum Gasteiger partial charge on any atom is 0.324 e. The van der Waals surface area contributed by atoms with E-state index in [2.05, 4.69) is 26.6 Å². The van der Waals surface area contributed by atoms with Gasteiger partial charge in [-0.15, -0.1) is 0 Å². The highest BCUT2D eigenvalue weighted by molar-refractivity contribution is 6.01. The molecule has 0 unspecified atom stereocenters. The van der Waals surface area contributed by atoms with Gasteiger partial charge in [-0.25, -0.2) is 9.78 Å². The molecule has 3 amide bonds. The van der Waals surface area contributed by atoms with Gasteiger partial charge in [-0.2, -0.15) is 5.26 Å². The summed E-state index contributed by atoms with van der Waals surface area (Å²) in [5, 5.41) is 14.9. The van der Waals surface area contributed by atoms with Crippen LogP contribution in [0.1, 0.15) is 18.4 Å². The van der Waals surface area contributed by atoms with Gasteiger partial charge < -0.3 is 15.5 Å². The number of amides is 3. The molecule has 0 aliphatic carbocycles. The first-order valence-electron chi connectivity index (χ1n) is 8.57. The number of likely N-dealkylation sites (tertiary alicyclic amines) is 1. The minimum absolute atomic E-state index is 0.120. The predicted molar refractivity (Wildman–Crippen MR) is 91.7 cm³/mol. The van der Waals surface area contributed by atoms with Crippen molar-refractivity contribution in [2.45, 2.75) is 12.8 Å². The summed E-state index contributed by atoms with van der Waals surface area (Å²) < 4.78 is 0. The number of anilines is 1. The van der Waals surface area contributed by atoms with Crippen LogP contribution in [0.2, 0.25) is 0 Å². The number of aromatic nitrogens is 1. The molecular weight excluding hydrogens is 320 g/mol. The van der Waals surface area contributed by atoms with E-state index >= 15 is 0 Å². The van der Waals surface area contributed by atoms with Crippen molar-refractivity contribution in [2.75, 3.05) is 44.6 Å². The van der Waals surface area contributed by atoms with E-state index in [0.717, 1.165) is 39.0 Å². The maximum absolute atomic E-state index is 11.5. The van der Waals surface area contributed by atoms with Gasteiger partial charge in [0.2, 0.25) is 5.91 Å². The van der Waals surface area contributed by atoms with Crippen molar-refractivity contribution < 1.29 is 9.59 Å². The lowest BCUT2D eigenvalue weighted by molar-refractivity contribution is -0.125. The van der Waals surface area contributed by atoms with Crippen molar-refractivity contribution in [3.8, 4) is 6.07 Å². The zero-order valence-electron chi connectivity index (χ0n) is 14.1. The molecule has 8 heteroatoms. The number of nitrogens with zero attached hydrogens (tertiary/aromatic N) is 4. The summed E-state index contributed by atoms with van der Waals surface area (Å²) in [5.74, 6) is 1.00. The van der Waals surface area contributed by atoms with Crippen molar-refractivity contribution in [1.82, 2.24) is 20.1 Å². The molecule has 2 saturated heterocycles. The number of hydrogen-bond donors (Lipinski definition) is 2. The molecule has 0 radical (unpaired) electrons. The fraction of sp³-hybridized carbons (Fsp3) is 0.529. The zero-order valence-corrected chi connectivity index (χ0v) is 14.1. The fourth-order valence-corrected chi connectivity index (χ4v) is 3.29. The number of carbonyl (C=O) groups excluding carboxylic acids is 2. The molecule has 0 bridgehead atoms. The van der Waals surface area contributed by atoms with Crippen LogP contribution in [0.4, 0.5) is 10.6 Å². The smallest absolute Gasteiger partial charge is 0.324 e. The number of pyridine rings is 1. The van der Waals surface area contributed by atoms with Gasteiger partial charge in [-0.05, 0) is 44.0 Å². The summed E-state index contributed by atoms with van der Waals surface area (Å²) in [6, 6.07) is 5.37. The SMILES string of the molecule is N#Cc1cccnc1NC[C@@H]1CCN(CCCN2C(=O)CNC2=O)C1. The first-order valence-corrected chi connectivity index (χ1v) is 8.57. The molecule has 0 aromatic carbocycles. The van der Waals surface area contributed by atoms with Gasteiger partial charge in [0.05, 0.1) is 12.1 Å². The molecule has 0 spiro atoms. The molecule has 3 heterocycles. The normalized spacial score (nSPS) is 20.6. The molecule has 1 atom stereocenters. The first-order chi connectivity index (χ1) is 12.2. The Hall–Kier alpha value is -2.66. The second kappa shape index (κ2) is 7.94. The summed E-state index contributed by atoms with van der Waals surface area (Å²) >= 11 is 0. The molecule has 132 valence electrons. The van der Waals surface area contributed by atoms with Gasteiger partial charge in [-0.1, -0.05) is 0 Å². The lowest BCUT2D eigenvalue weighted by atomic mass is 10.1. The zero-order chi connectivity index (χ0) is 17.6. The Kier molecular flexibility index (Phi) is 5.46. The van der Waals surface area contributed by atoms with Gasteiger partial charge in [0.25, 0.3) is 0 Å². The average molecular weight is 342 g/mol. The quantitative estimate of drug-likeness (QED) is 0.705. The van der Waals surface area contributed by atoms with Gasteiger partial charge in [0, 0.05) is 25.8 Å². The summed E-state index contributed by atoms with van der Waals surface area (Å²) in [6.07, 6.45) is 3.56. The Morgan fingerprint density at radius 1 is 1.40 bits per heavy atom. The molecular formula is C17H22N6O2. The predicted octanol–water partition coefficient (Wildman–Crippen LogP) is 0.629. The first kappa shape index (κ1) is 17.2. The Morgan fingerprint density at radius 3 is 3.04 bits per heavy atom. The number of carbonyl (C=O) groups is 2. The molecule has 2 N–H and O–H groups in total. The highest BCUT2D eigenvalue weighted by Crippen LogP contribution is 2.18. The Balaban J connectivity index is 1.38. The topological polar surface area (TPSA) is 101 Å². The summed E-state index contributed by atoms with van der Waals surface area (Å²) in [6.45, 7) is 4.25. The minimum atomic E-state index is -0.280. The molecule has 25 heavy (non-hydrogen) atoms. The van der Waals surface area contributed by atoms with E-state index < -0.39 is 0 Å². The molecule has 3 rings (SSSR count). The molecule has 2 fully saturated rings. The van der Waals surface area contributed by atoms with Crippen molar-refractivity contribution in [3.05, 3.63) is 23.9 Å². The molecule has 2 aliphatic heterocycles. The van der Waals surface area contributed by atoms with Crippen molar-refractivity contribution in [2.24, 2.45) is 5.92 Å². The van der Waals surface area contributed by atoms with Crippen LogP contribution in [0.3, 0.4) is 0 Å². The van der Waals surface area contributed by atoms with E-state index in [1.807, 2.05) is 0 Å². The lowest BCUT2D eigenvalue weighted by Gasteiger charge is -2.18. The monoisotopic (exact) mass is 342 g/mol. The summed E-state index contributed by atoms with van der Waals surface area (Å²) in [4.78, 5) is 30.9. The van der Waals surface area contributed by atoms with E-state index in [1.165, 1.54) is 4.90 Å². The minimum Gasteiger partial charge on any atom is -0.369 e. The number of hydrogen-bond acceptors (Lipinski definition) is 6. The van der Waals surface area contributed by atoms with Crippen LogP contribution in [-0.4, -0.2) is 66.0 Å². The third-order valence-corrected chi connectivity index (χ3v) is 4.65. The largest absolute Gasteiger partial charge is 0.369 e. The van der Waals surface area contributed by atoms with Crippen LogP contribution in [0, 0.1) is 17.2 Å². The Morgan fingerprint density at radius 2 is 2.28 bits per heavy atom. The summed E-state index contributed by atoms with van der Waals surface area (Å²) in [7, 11) is 0. The number of nitriles is 1. The van der Waals surface area contributed by atoms with E-state index in [1.54, 1.807) is 18.3 Å². The highest BCUT2D eigenvalue weighted by Gasteiger charge is 2.28. The Bertz CT molecular complexity index is 670. The van der Waals surface area contributed by atoms with Crippen LogP contribution < -0.4 is 10.6 Å². The number of rotatable bonds is 7. The van der Waals surface area contributed by atoms with Crippen molar-refractivity contribution >= 4 is 17.8 Å². The van der Waals surface area contributed by atoms with Gasteiger partial charge >= 0.3 is 6.03 Å². The second-order valence-electron chi connectivity index (χ2n) is 6.41. The van der Waals surface area contributed by atoms with E-state index in [0.29, 0.717) is 23.8 Å². The van der Waals surface area contributed by atoms with Crippen LogP contribution in [0.15, 0.2) is 18.3 Å². The Labute approximate surface area is 146 Å². The van der Waals surface area contributed by atoms with E-state index in [9.17, 15) is 9.59 Å². The van der Waals surface area contributed by atoms with Crippen molar-refractivity contribution in [3.63, 3.8) is 0 Å². The average Bonchev–Trinajstić information content (AvgIpc) is 3.21. The summed E-state index contributed by atoms with van der Waals surface area (Å²) in [5.41, 5.74) is 0.561. The van der Waals surface area contributed by atoms with E-state index in [-0.39, 0.29) is 18.5 Å². The second-order valence-corrected chi connectivity index (χ2v) is 6.41. The molecule has 1 aromatic heterocycles. The third kappa shape index (κ3) is 4.25. The van der Waals surface area contributed by atoms with Crippen LogP contribution in [0.25, 0.3) is 0 Å². The lowest BCUT2D eigenvalue weighted by Crippen LogP contribution is -2.34. The van der Waals surface area contributed by atoms with E-state index in [4.69, 9.17) is 5.26 Å². The number of imide groups is 1. The van der Waals surface area contributed by atoms with Crippen LogP contribution in [0.5, 0.6) is 0 Å². The highest BCUT2D eigenvalue weighted by atomic mass is 16.2. The molecule has 2 aliphatic rings.